The Bertz CT molecular complexity index is 545. The number of aromatic nitrogens is 2. The summed E-state index contributed by atoms with van der Waals surface area (Å²) in [6.07, 6.45) is 3.06. The number of fused-ring (bicyclic) bond motifs is 1. The van der Waals surface area contributed by atoms with Gasteiger partial charge in [-0.15, -0.1) is 11.6 Å². The number of imidazole rings is 1. The van der Waals surface area contributed by atoms with E-state index in [2.05, 4.69) is 4.98 Å². The molecule has 0 aliphatic carbocycles. The summed E-state index contributed by atoms with van der Waals surface area (Å²) in [4.78, 5) is 4.45. The van der Waals surface area contributed by atoms with Crippen LogP contribution in [0.2, 0.25) is 0 Å². The molecule has 4 heteroatoms. The fourth-order valence-corrected chi connectivity index (χ4v) is 1.90. The third-order valence-corrected chi connectivity index (χ3v) is 2.95. The summed E-state index contributed by atoms with van der Waals surface area (Å²) >= 11 is 5.58. The molecule has 2 aromatic rings. The van der Waals surface area contributed by atoms with Crippen LogP contribution in [0.15, 0.2) is 30.0 Å². The first kappa shape index (κ1) is 12.0. The molecule has 0 fully saturated rings. The minimum atomic E-state index is 0.323. The normalized spacial score (nSPS) is 12.2. The zero-order valence-corrected chi connectivity index (χ0v) is 10.5. The summed E-state index contributed by atoms with van der Waals surface area (Å²) in [5.41, 5.74) is 2.00. The lowest BCUT2D eigenvalue weighted by Crippen LogP contribution is -1.93. The summed E-state index contributed by atoms with van der Waals surface area (Å²) < 4.78 is 1.96. The predicted molar refractivity (Wildman–Crippen MR) is 71.3 cm³/mol. The van der Waals surface area contributed by atoms with Gasteiger partial charge >= 0.3 is 0 Å². The van der Waals surface area contributed by atoms with Gasteiger partial charge in [-0.1, -0.05) is 12.1 Å². The van der Waals surface area contributed by atoms with Crippen LogP contribution in [0.4, 0.5) is 0 Å². The number of rotatable bonds is 4. The van der Waals surface area contributed by atoms with Crippen molar-refractivity contribution in [3.63, 3.8) is 0 Å². The number of hydrogen-bond acceptors (Lipinski definition) is 2. The molecule has 0 unspecified atom stereocenters. The van der Waals surface area contributed by atoms with Crippen LogP contribution >= 0.6 is 11.6 Å². The predicted octanol–water partition coefficient (Wildman–Crippen LogP) is 3.49. The van der Waals surface area contributed by atoms with Crippen molar-refractivity contribution in [1.82, 2.24) is 9.55 Å². The number of aryl methyl sites for hydroxylation is 1. The summed E-state index contributed by atoms with van der Waals surface area (Å²) in [5.74, 6) is 1.64. The maximum atomic E-state index is 9.73. The molecule has 1 N–H and O–H groups in total. The molecule has 1 heterocycles. The van der Waals surface area contributed by atoms with Crippen LogP contribution in [0.1, 0.15) is 18.7 Å². The van der Waals surface area contributed by atoms with Crippen molar-refractivity contribution in [3.05, 3.63) is 35.8 Å². The first-order valence-corrected chi connectivity index (χ1v) is 6.13. The first-order chi connectivity index (χ1) is 8.22. The van der Waals surface area contributed by atoms with Crippen molar-refractivity contribution in [2.24, 2.45) is 7.05 Å². The fraction of sp³-hybridized carbons (Fsp3) is 0.308. The molecule has 0 atom stereocenters. The monoisotopic (exact) mass is 250 g/mol. The van der Waals surface area contributed by atoms with Gasteiger partial charge in [0.15, 0.2) is 0 Å². The molecule has 0 saturated carbocycles. The van der Waals surface area contributed by atoms with Gasteiger partial charge in [0.05, 0.1) is 16.8 Å². The average molecular weight is 251 g/mol. The third-order valence-electron chi connectivity index (χ3n) is 2.68. The van der Waals surface area contributed by atoms with Gasteiger partial charge in [0, 0.05) is 25.4 Å². The molecular weight excluding hydrogens is 236 g/mol. The van der Waals surface area contributed by atoms with Gasteiger partial charge < -0.3 is 9.67 Å². The van der Waals surface area contributed by atoms with Crippen molar-refractivity contribution < 1.29 is 5.11 Å². The van der Waals surface area contributed by atoms with E-state index in [-0.39, 0.29) is 0 Å². The van der Waals surface area contributed by atoms with E-state index < -0.39 is 0 Å². The second-order valence-corrected chi connectivity index (χ2v) is 4.32. The van der Waals surface area contributed by atoms with Crippen molar-refractivity contribution >= 4 is 28.7 Å². The SMILES string of the molecule is Cn1c(/C=C(\O)CCCCl)nc2ccccc21. The molecule has 90 valence electrons. The molecule has 0 amide bonds. The zero-order valence-electron chi connectivity index (χ0n) is 9.73. The van der Waals surface area contributed by atoms with Crippen LogP contribution in [0, 0.1) is 0 Å². The van der Waals surface area contributed by atoms with Gasteiger partial charge in [0.2, 0.25) is 0 Å². The lowest BCUT2D eigenvalue weighted by molar-refractivity contribution is 0.392. The van der Waals surface area contributed by atoms with Gasteiger partial charge in [-0.2, -0.15) is 0 Å². The smallest absolute Gasteiger partial charge is 0.136 e. The molecule has 3 nitrogen and oxygen atoms in total. The fourth-order valence-electron chi connectivity index (χ4n) is 1.76. The van der Waals surface area contributed by atoms with E-state index in [1.54, 1.807) is 6.08 Å². The van der Waals surface area contributed by atoms with E-state index in [1.807, 2.05) is 35.9 Å². The topological polar surface area (TPSA) is 38.0 Å². The summed E-state index contributed by atoms with van der Waals surface area (Å²) in [5, 5.41) is 9.73. The van der Waals surface area contributed by atoms with Gasteiger partial charge in [-0.25, -0.2) is 4.98 Å². The number of aliphatic hydroxyl groups excluding tert-OH is 1. The quantitative estimate of drug-likeness (QED) is 0.666. The summed E-state index contributed by atoms with van der Waals surface area (Å²) in [6.45, 7) is 0. The Balaban J connectivity index is 2.33. The Labute approximate surface area is 105 Å². The molecule has 1 aromatic carbocycles. The Hall–Kier alpha value is -1.48. The van der Waals surface area contributed by atoms with Gasteiger partial charge in [0.1, 0.15) is 5.82 Å². The molecule has 17 heavy (non-hydrogen) atoms. The Kier molecular flexibility index (Phi) is 3.69. The maximum absolute atomic E-state index is 9.73. The largest absolute Gasteiger partial charge is 0.512 e. The highest BCUT2D eigenvalue weighted by atomic mass is 35.5. The van der Waals surface area contributed by atoms with E-state index in [9.17, 15) is 5.11 Å². The highest BCUT2D eigenvalue weighted by Crippen LogP contribution is 2.16. The molecule has 2 rings (SSSR count). The molecule has 0 spiro atoms. The Morgan fingerprint density at radius 1 is 1.47 bits per heavy atom. The highest BCUT2D eigenvalue weighted by Gasteiger charge is 2.05. The number of alkyl halides is 1. The second-order valence-electron chi connectivity index (χ2n) is 3.95. The Morgan fingerprint density at radius 3 is 2.94 bits per heavy atom. The molecule has 0 radical (unpaired) electrons. The molecule has 0 aliphatic rings. The van der Waals surface area contributed by atoms with Gasteiger partial charge in [-0.05, 0) is 18.6 Å². The van der Waals surface area contributed by atoms with Gasteiger partial charge in [-0.3, -0.25) is 0 Å². The molecular formula is C13H15ClN2O. The van der Waals surface area contributed by atoms with E-state index in [4.69, 9.17) is 11.6 Å². The first-order valence-electron chi connectivity index (χ1n) is 5.59. The zero-order chi connectivity index (χ0) is 12.3. The van der Waals surface area contributed by atoms with E-state index in [0.717, 1.165) is 23.3 Å². The minimum Gasteiger partial charge on any atom is -0.512 e. The van der Waals surface area contributed by atoms with E-state index in [1.165, 1.54) is 0 Å². The van der Waals surface area contributed by atoms with Crippen LogP contribution in [-0.4, -0.2) is 20.5 Å². The standard InChI is InChI=1S/C13H15ClN2O/c1-16-12-7-3-2-6-11(12)15-13(16)9-10(17)5-4-8-14/h2-3,6-7,9,17H,4-5,8H2,1H3/b10-9-. The van der Waals surface area contributed by atoms with Crippen LogP contribution in [-0.2, 0) is 7.05 Å². The number of nitrogens with zero attached hydrogens (tertiary/aromatic N) is 2. The van der Waals surface area contributed by atoms with Crippen molar-refractivity contribution in [1.29, 1.82) is 0 Å². The number of hydrogen-bond donors (Lipinski definition) is 1. The Morgan fingerprint density at radius 2 is 2.24 bits per heavy atom. The van der Waals surface area contributed by atoms with Crippen molar-refractivity contribution in [2.75, 3.05) is 5.88 Å². The molecule has 0 saturated heterocycles. The van der Waals surface area contributed by atoms with Crippen molar-refractivity contribution in [3.8, 4) is 0 Å². The third kappa shape index (κ3) is 2.61. The van der Waals surface area contributed by atoms with Crippen molar-refractivity contribution in [2.45, 2.75) is 12.8 Å². The number of benzene rings is 1. The average Bonchev–Trinajstić information content (AvgIpc) is 2.64. The lowest BCUT2D eigenvalue weighted by Gasteiger charge is -1.99. The van der Waals surface area contributed by atoms with E-state index >= 15 is 0 Å². The lowest BCUT2D eigenvalue weighted by atomic mass is 10.3. The van der Waals surface area contributed by atoms with Gasteiger partial charge in [0.25, 0.3) is 0 Å². The van der Waals surface area contributed by atoms with Crippen LogP contribution in [0.25, 0.3) is 17.1 Å². The number of aliphatic hydroxyl groups is 1. The minimum absolute atomic E-state index is 0.323. The molecule has 0 bridgehead atoms. The summed E-state index contributed by atoms with van der Waals surface area (Å²) in [7, 11) is 1.94. The molecule has 0 aliphatic heterocycles. The van der Waals surface area contributed by atoms with E-state index in [0.29, 0.717) is 18.1 Å². The number of para-hydroxylation sites is 2. The van der Waals surface area contributed by atoms with Crippen LogP contribution in [0.5, 0.6) is 0 Å². The number of halogens is 1. The summed E-state index contributed by atoms with van der Waals surface area (Å²) in [6, 6.07) is 7.90. The van der Waals surface area contributed by atoms with Crippen LogP contribution in [0.3, 0.4) is 0 Å². The molecule has 1 aromatic heterocycles. The second kappa shape index (κ2) is 5.23. The maximum Gasteiger partial charge on any atom is 0.136 e. The number of allylic oxidation sites excluding steroid dienone is 1. The van der Waals surface area contributed by atoms with Crippen LogP contribution < -0.4 is 0 Å². The highest BCUT2D eigenvalue weighted by molar-refractivity contribution is 6.17.